The van der Waals surface area contributed by atoms with Crippen molar-refractivity contribution in [3.8, 4) is 0 Å². The summed E-state index contributed by atoms with van der Waals surface area (Å²) < 4.78 is 1.95. The van der Waals surface area contributed by atoms with Crippen LogP contribution >= 0.6 is 0 Å². The number of benzene rings is 10. The molecule has 7 heteroatoms. The fourth-order valence-corrected chi connectivity index (χ4v) is 138. The number of aryl methyl sites for hydroxylation is 8. The van der Waals surface area contributed by atoms with Crippen LogP contribution < -0.4 is 55.9 Å². The minimum Gasteiger partial charge on any atom is -1.00 e. The van der Waals surface area contributed by atoms with Crippen molar-refractivity contribution in [3.63, 3.8) is 0 Å². The maximum absolute atomic E-state index is 4.26. The van der Waals surface area contributed by atoms with Gasteiger partial charge in [0, 0.05) is 0 Å². The first-order chi connectivity index (χ1) is 42.3. The number of fused-ring (bicyclic) bond motifs is 4. The van der Waals surface area contributed by atoms with Gasteiger partial charge in [0.2, 0.25) is 0 Å². The molecule has 4 atom stereocenters. The van der Waals surface area contributed by atoms with Crippen LogP contribution in [0.3, 0.4) is 0 Å². The molecule has 0 aromatic heterocycles. The minimum atomic E-state index is -4.26. The Morgan fingerprint density at radius 3 is 0.820 bits per heavy atom. The van der Waals surface area contributed by atoms with Crippen LogP contribution in [0.1, 0.15) is 104 Å². The van der Waals surface area contributed by atoms with Gasteiger partial charge in [-0.15, -0.1) is 0 Å². The molecular weight excluding hydrogens is 1320 g/mol. The molecule has 14 rings (SSSR count). The molecule has 0 heterocycles. The molecular formula is C82H81Cl2Si3Zr2. The summed E-state index contributed by atoms with van der Waals surface area (Å²) in [6.07, 6.45) is 20.8. The third kappa shape index (κ3) is 10.9. The van der Waals surface area contributed by atoms with Gasteiger partial charge in [-0.3, -0.25) is 0 Å². The van der Waals surface area contributed by atoms with E-state index in [1.54, 1.807) is 53.4 Å². The molecule has 10 aromatic carbocycles. The Labute approximate surface area is 557 Å². The summed E-state index contributed by atoms with van der Waals surface area (Å²) in [6, 6.07) is 89.8. The van der Waals surface area contributed by atoms with Gasteiger partial charge in [0.15, 0.2) is 0 Å². The van der Waals surface area contributed by atoms with Gasteiger partial charge < -0.3 is 24.8 Å². The molecule has 0 nitrogen and oxygen atoms in total. The second kappa shape index (κ2) is 26.8. The summed E-state index contributed by atoms with van der Waals surface area (Å²) in [5, 5.41) is 4.30. The van der Waals surface area contributed by atoms with E-state index in [4.69, 9.17) is 0 Å². The van der Waals surface area contributed by atoms with Crippen LogP contribution in [0.25, 0.3) is 24.3 Å². The Bertz CT molecular complexity index is 3960. The van der Waals surface area contributed by atoms with Crippen molar-refractivity contribution in [2.24, 2.45) is 0 Å². The summed E-state index contributed by atoms with van der Waals surface area (Å²) >= 11 is -6.61. The van der Waals surface area contributed by atoms with Gasteiger partial charge in [0.05, 0.1) is 0 Å². The Balaban J connectivity index is 0.000000190. The average molecular weight is 1400 g/mol. The third-order valence-corrected chi connectivity index (χ3v) is 119. The fourth-order valence-electron chi connectivity index (χ4n) is 17.2. The van der Waals surface area contributed by atoms with Gasteiger partial charge in [-0.2, -0.15) is 0 Å². The van der Waals surface area contributed by atoms with Crippen LogP contribution in [0.4, 0.5) is 0 Å². The first kappa shape index (κ1) is 64.7. The summed E-state index contributed by atoms with van der Waals surface area (Å²) in [7, 11) is 0. The first-order valence-electron chi connectivity index (χ1n) is 31.6. The predicted octanol–water partition coefficient (Wildman–Crippen LogP) is 10.6. The second-order valence-corrected chi connectivity index (χ2v) is 83.3. The maximum Gasteiger partial charge on any atom is -1.00 e. The molecule has 0 spiro atoms. The number of allylic oxidation sites excluding steroid dienone is 4. The van der Waals surface area contributed by atoms with Gasteiger partial charge in [0.1, 0.15) is 0 Å². The predicted molar refractivity (Wildman–Crippen MR) is 378 cm³/mol. The number of hydrogen-bond acceptors (Lipinski definition) is 0. The topological polar surface area (TPSA) is 0 Å². The SMILES string of the molecule is Cc1ccc(C)c2c1C=C[CH]2[Zr+2]([CH]1C=Cc2c(C)ccc(C)c21)[SiH](c1ccccc1)c1ccccc1.Cc1ccc(C)c2c1C=C[CH]2[Zr]([CH]1C=Cc2c(C)ccc(C)c21)([Si](C)(c1ccccc1)c1ccccc1)[Si](C)(c1ccccc1)c1ccccc1.[Cl-].[Cl-]. The maximum atomic E-state index is 2.85. The minimum absolute atomic E-state index is 0. The van der Waals surface area contributed by atoms with Crippen LogP contribution in [-0.2, 0) is 39.5 Å². The van der Waals surface area contributed by atoms with Crippen molar-refractivity contribution >= 4 is 71.7 Å². The first-order valence-corrected chi connectivity index (χ1v) is 55.6. The Kier molecular flexibility index (Phi) is 19.5. The Morgan fingerprint density at radius 2 is 0.528 bits per heavy atom. The van der Waals surface area contributed by atoms with E-state index in [-0.39, 0.29) is 24.8 Å². The second-order valence-electron chi connectivity index (χ2n) is 25.8. The molecule has 4 aliphatic rings. The summed E-state index contributed by atoms with van der Waals surface area (Å²) in [6.45, 7) is 24.4. The van der Waals surface area contributed by atoms with Gasteiger partial charge in [-0.25, -0.2) is 0 Å². The van der Waals surface area contributed by atoms with Crippen LogP contribution in [0.2, 0.25) is 13.1 Å². The standard InChI is InChI=1S/2C13H13Si.C12H11Si.4C11H11.2ClH.2Zr/c2*1-14(12-8-4-2-5-9-12)13-10-6-3-7-11-13;1-3-7-11(8-4-1)13-12-9-5-2-6-10-12;4*1-8-6-7-9(2)11-5-3-4-10(8)11;;;;/h2*2-11H,1H3;1-10,13H;4*3-7H,1-2H3;2*1H;;/q;;;;;;;;;;+2/p-2. The molecule has 443 valence electrons. The van der Waals surface area contributed by atoms with E-state index in [0.29, 0.717) is 14.5 Å². The van der Waals surface area contributed by atoms with Gasteiger partial charge in [-0.05, 0) is 0 Å². The van der Waals surface area contributed by atoms with Crippen LogP contribution in [0, 0.1) is 55.4 Å². The van der Waals surface area contributed by atoms with E-state index in [9.17, 15) is 0 Å². The smallest absolute Gasteiger partial charge is 1.00 e. The molecule has 0 fully saturated rings. The van der Waals surface area contributed by atoms with E-state index in [1.165, 1.54) is 66.8 Å². The van der Waals surface area contributed by atoms with E-state index in [2.05, 4.69) is 348 Å². The van der Waals surface area contributed by atoms with Gasteiger partial charge in [-0.1, -0.05) is 0 Å². The molecule has 0 saturated heterocycles. The average Bonchev–Trinajstić information content (AvgIpc) is 1.60. The van der Waals surface area contributed by atoms with Crippen molar-refractivity contribution < 1.29 is 64.3 Å². The van der Waals surface area contributed by atoms with Crippen molar-refractivity contribution in [1.29, 1.82) is 0 Å². The van der Waals surface area contributed by atoms with Gasteiger partial charge in [0.25, 0.3) is 0 Å². The van der Waals surface area contributed by atoms with Crippen molar-refractivity contribution in [2.45, 2.75) is 83.0 Å². The number of halogens is 2. The molecule has 4 aliphatic carbocycles. The van der Waals surface area contributed by atoms with Crippen LogP contribution in [0.5, 0.6) is 0 Å². The Hall–Kier alpha value is -5.84. The summed E-state index contributed by atoms with van der Waals surface area (Å²) in [4.78, 5) is 0. The van der Waals surface area contributed by atoms with Crippen molar-refractivity contribution in [3.05, 3.63) is 344 Å². The largest absolute Gasteiger partial charge is 1.00 e. The van der Waals surface area contributed by atoms with E-state index in [1.807, 2.05) is 0 Å². The summed E-state index contributed by atoms with van der Waals surface area (Å²) in [5.74, 6) is -1.47. The normalized spacial score (nSPS) is 16.6. The van der Waals surface area contributed by atoms with Crippen LogP contribution in [-0.4, -0.2) is 16.3 Å². The fraction of sp³-hybridized carbons (Fsp3) is 0.171. The molecule has 0 aliphatic heterocycles. The van der Waals surface area contributed by atoms with Gasteiger partial charge >= 0.3 is 538 Å². The molecule has 0 amide bonds. The molecule has 0 bridgehead atoms. The molecule has 89 heavy (non-hydrogen) atoms. The van der Waals surface area contributed by atoms with Crippen molar-refractivity contribution in [1.82, 2.24) is 0 Å². The van der Waals surface area contributed by atoms with Crippen LogP contribution in [0.15, 0.2) is 255 Å². The molecule has 0 saturated carbocycles. The third-order valence-electron chi connectivity index (χ3n) is 21.3. The quantitative estimate of drug-likeness (QED) is 0.101. The summed E-state index contributed by atoms with van der Waals surface area (Å²) in [5.41, 5.74) is 23.9. The zero-order chi connectivity index (χ0) is 60.2. The number of rotatable bonds is 13. The molecule has 4 unspecified atom stereocenters. The van der Waals surface area contributed by atoms with E-state index < -0.39 is 55.8 Å². The number of hydrogen-bond donors (Lipinski definition) is 0. The molecule has 0 N–H and O–H groups in total. The molecule has 0 radical (unpaired) electrons. The Morgan fingerprint density at radius 1 is 0.292 bits per heavy atom. The zero-order valence-corrected chi connectivity index (χ0v) is 62.8. The van der Waals surface area contributed by atoms with E-state index >= 15 is 0 Å². The van der Waals surface area contributed by atoms with Crippen molar-refractivity contribution in [2.75, 3.05) is 0 Å². The zero-order valence-electron chi connectivity index (χ0n) is 53.2. The molecule has 10 aromatic rings. The monoisotopic (exact) mass is 1400 g/mol. The van der Waals surface area contributed by atoms with E-state index in [0.717, 1.165) is 0 Å².